The van der Waals surface area contributed by atoms with Crippen LogP contribution in [-0.4, -0.2) is 16.8 Å². The maximum Gasteiger partial charge on any atom is 0.221 e. The molecule has 0 aliphatic carbocycles. The second-order valence-electron chi connectivity index (χ2n) is 8.02. The Kier molecular flexibility index (Phi) is 12.0. The number of ether oxygens (including phenoxy) is 1. The van der Waals surface area contributed by atoms with Gasteiger partial charge in [-0.05, 0) is 91.4 Å². The second-order valence-corrected chi connectivity index (χ2v) is 8.02. The predicted molar refractivity (Wildman–Crippen MR) is 128 cm³/mol. The number of nitrogens with one attached hydrogen (secondary N) is 2. The SMILES string of the molecule is CC(C)=CCC/C(C)=C/CC/C(C)=C/CC/C(C)=C/C(=N)OC(=N)c1ccncc1. The number of aromatic nitrogens is 1. The third-order valence-corrected chi connectivity index (χ3v) is 4.69. The Balaban J connectivity index is 2.34. The van der Waals surface area contributed by atoms with Gasteiger partial charge in [0.05, 0.1) is 0 Å². The molecule has 0 bridgehead atoms. The smallest absolute Gasteiger partial charge is 0.221 e. The largest absolute Gasteiger partial charge is 0.421 e. The van der Waals surface area contributed by atoms with Crippen LogP contribution in [0.1, 0.15) is 78.7 Å². The molecule has 0 saturated heterocycles. The van der Waals surface area contributed by atoms with Gasteiger partial charge in [0.25, 0.3) is 0 Å². The first-order valence-corrected chi connectivity index (χ1v) is 10.6. The summed E-state index contributed by atoms with van der Waals surface area (Å²) < 4.78 is 5.29. The van der Waals surface area contributed by atoms with Gasteiger partial charge in [0.2, 0.25) is 11.8 Å². The molecular weight excluding hydrogens is 370 g/mol. The topological polar surface area (TPSA) is 69.8 Å². The fraction of sp³-hybridized carbons (Fsp3) is 0.423. The lowest BCUT2D eigenvalue weighted by atomic mass is 10.0. The number of nitrogens with zero attached hydrogens (tertiary/aromatic N) is 1. The minimum absolute atomic E-state index is 0.0104. The predicted octanol–water partition coefficient (Wildman–Crippen LogP) is 7.55. The first kappa shape index (κ1) is 25.3. The van der Waals surface area contributed by atoms with Crippen molar-refractivity contribution in [2.45, 2.75) is 73.1 Å². The van der Waals surface area contributed by atoms with Crippen molar-refractivity contribution >= 4 is 11.8 Å². The van der Waals surface area contributed by atoms with Crippen molar-refractivity contribution in [3.05, 3.63) is 76.7 Å². The van der Waals surface area contributed by atoms with E-state index in [9.17, 15) is 0 Å². The highest BCUT2D eigenvalue weighted by molar-refractivity contribution is 6.02. The van der Waals surface area contributed by atoms with Crippen molar-refractivity contribution in [3.63, 3.8) is 0 Å². The minimum atomic E-state index is -0.0358. The Bertz CT molecular complexity index is 810. The number of pyridine rings is 1. The molecule has 0 amide bonds. The molecule has 30 heavy (non-hydrogen) atoms. The minimum Gasteiger partial charge on any atom is -0.421 e. The molecule has 1 aromatic rings. The molecule has 0 spiro atoms. The van der Waals surface area contributed by atoms with Gasteiger partial charge >= 0.3 is 0 Å². The zero-order chi connectivity index (χ0) is 22.4. The first-order valence-electron chi connectivity index (χ1n) is 10.6. The highest BCUT2D eigenvalue weighted by Gasteiger charge is 2.05. The Morgan fingerprint density at radius 3 is 1.83 bits per heavy atom. The third-order valence-electron chi connectivity index (χ3n) is 4.69. The number of hydrogen-bond acceptors (Lipinski definition) is 4. The summed E-state index contributed by atoms with van der Waals surface area (Å²) in [7, 11) is 0. The average Bonchev–Trinajstić information content (AvgIpc) is 2.68. The molecule has 0 aromatic carbocycles. The van der Waals surface area contributed by atoms with Gasteiger partial charge < -0.3 is 4.74 Å². The fourth-order valence-electron chi connectivity index (χ4n) is 2.88. The van der Waals surface area contributed by atoms with Gasteiger partial charge in [-0.2, -0.15) is 0 Å². The van der Waals surface area contributed by atoms with E-state index in [1.165, 1.54) is 16.7 Å². The molecule has 1 aromatic heterocycles. The van der Waals surface area contributed by atoms with Gasteiger partial charge in [-0.1, -0.05) is 40.5 Å². The van der Waals surface area contributed by atoms with Crippen LogP contribution < -0.4 is 0 Å². The molecule has 0 aliphatic heterocycles. The normalized spacial score (nSPS) is 12.5. The summed E-state index contributed by atoms with van der Waals surface area (Å²) in [4.78, 5) is 3.92. The fourth-order valence-corrected chi connectivity index (χ4v) is 2.88. The van der Waals surface area contributed by atoms with E-state index in [-0.39, 0.29) is 11.8 Å². The second kappa shape index (κ2) is 14.3. The van der Waals surface area contributed by atoms with E-state index in [1.807, 2.05) is 6.92 Å². The van der Waals surface area contributed by atoms with Gasteiger partial charge in [-0.15, -0.1) is 0 Å². The first-order chi connectivity index (χ1) is 14.3. The van der Waals surface area contributed by atoms with Crippen LogP contribution in [0, 0.1) is 10.8 Å². The van der Waals surface area contributed by atoms with E-state index in [4.69, 9.17) is 15.6 Å². The molecule has 0 atom stereocenters. The molecule has 2 N–H and O–H groups in total. The summed E-state index contributed by atoms with van der Waals surface area (Å²) >= 11 is 0. The van der Waals surface area contributed by atoms with Crippen LogP contribution in [0.2, 0.25) is 0 Å². The molecule has 0 fully saturated rings. The zero-order valence-corrected chi connectivity index (χ0v) is 19.2. The van der Waals surface area contributed by atoms with Crippen LogP contribution in [0.5, 0.6) is 0 Å². The maximum absolute atomic E-state index is 7.94. The Morgan fingerprint density at radius 1 is 0.800 bits per heavy atom. The van der Waals surface area contributed by atoms with Crippen molar-refractivity contribution in [3.8, 4) is 0 Å². The van der Waals surface area contributed by atoms with Crippen molar-refractivity contribution < 1.29 is 4.74 Å². The summed E-state index contributed by atoms with van der Waals surface area (Å²) in [6, 6.07) is 3.39. The summed E-state index contributed by atoms with van der Waals surface area (Å²) in [5.41, 5.74) is 5.94. The highest BCUT2D eigenvalue weighted by Crippen LogP contribution is 2.13. The van der Waals surface area contributed by atoms with E-state index in [2.05, 4.69) is 50.9 Å². The van der Waals surface area contributed by atoms with Crippen LogP contribution >= 0.6 is 0 Å². The molecule has 1 heterocycles. The van der Waals surface area contributed by atoms with E-state index in [1.54, 1.807) is 30.6 Å². The van der Waals surface area contributed by atoms with E-state index < -0.39 is 0 Å². The molecule has 1 rings (SSSR count). The van der Waals surface area contributed by atoms with Crippen LogP contribution in [-0.2, 0) is 4.74 Å². The van der Waals surface area contributed by atoms with Crippen molar-refractivity contribution in [2.75, 3.05) is 0 Å². The van der Waals surface area contributed by atoms with Crippen molar-refractivity contribution in [1.29, 1.82) is 10.8 Å². The quantitative estimate of drug-likeness (QED) is 0.226. The van der Waals surface area contributed by atoms with E-state index in [0.717, 1.165) is 44.1 Å². The summed E-state index contributed by atoms with van der Waals surface area (Å²) in [5.74, 6) is -0.0462. The lowest BCUT2D eigenvalue weighted by Crippen LogP contribution is -2.10. The van der Waals surface area contributed by atoms with Gasteiger partial charge in [0.1, 0.15) is 0 Å². The highest BCUT2D eigenvalue weighted by atomic mass is 16.5. The standard InChI is InChI=1S/C26H37N3O/c1-20(2)9-6-10-21(3)11-7-12-22(4)13-8-14-23(5)19-25(27)30-26(28)24-15-17-29-18-16-24/h9,11,13,15-19,27-28H,6-8,10,12,14H2,1-5H3/b21-11+,22-13+,23-19+,27-25?,28-26?. The lowest BCUT2D eigenvalue weighted by molar-refractivity contribution is 0.540. The molecule has 0 unspecified atom stereocenters. The van der Waals surface area contributed by atoms with Crippen LogP contribution in [0.4, 0.5) is 0 Å². The maximum atomic E-state index is 7.94. The van der Waals surface area contributed by atoms with Gasteiger partial charge in [0, 0.05) is 18.0 Å². The van der Waals surface area contributed by atoms with Crippen LogP contribution in [0.3, 0.4) is 0 Å². The Hall–Kier alpha value is -2.75. The monoisotopic (exact) mass is 407 g/mol. The zero-order valence-electron chi connectivity index (χ0n) is 19.2. The molecular formula is C26H37N3O. The van der Waals surface area contributed by atoms with E-state index in [0.29, 0.717) is 5.56 Å². The summed E-state index contributed by atoms with van der Waals surface area (Å²) in [6.07, 6.45) is 18.1. The van der Waals surface area contributed by atoms with Gasteiger partial charge in [-0.25, -0.2) is 0 Å². The average molecular weight is 408 g/mol. The van der Waals surface area contributed by atoms with Crippen molar-refractivity contribution in [2.24, 2.45) is 0 Å². The molecule has 162 valence electrons. The van der Waals surface area contributed by atoms with Crippen LogP contribution in [0.15, 0.2) is 71.1 Å². The Labute approximate surface area is 182 Å². The molecule has 4 heteroatoms. The number of allylic oxidation sites excluding steroid dienone is 7. The molecule has 0 radical (unpaired) electrons. The summed E-state index contributed by atoms with van der Waals surface area (Å²) in [5, 5.41) is 15.9. The number of rotatable bonds is 11. The van der Waals surface area contributed by atoms with Crippen LogP contribution in [0.25, 0.3) is 0 Å². The van der Waals surface area contributed by atoms with Gasteiger partial charge in [0.15, 0.2) is 0 Å². The number of hydrogen-bond donors (Lipinski definition) is 2. The Morgan fingerprint density at radius 2 is 1.30 bits per heavy atom. The third kappa shape index (κ3) is 11.9. The molecule has 0 saturated carbocycles. The van der Waals surface area contributed by atoms with E-state index >= 15 is 0 Å². The molecule has 4 nitrogen and oxygen atoms in total. The summed E-state index contributed by atoms with van der Waals surface area (Å²) in [6.45, 7) is 10.7. The molecule has 0 aliphatic rings. The van der Waals surface area contributed by atoms with Crippen molar-refractivity contribution in [1.82, 2.24) is 4.98 Å². The van der Waals surface area contributed by atoms with Gasteiger partial charge in [-0.3, -0.25) is 15.8 Å². The lowest BCUT2D eigenvalue weighted by Gasteiger charge is -2.06.